The van der Waals surface area contributed by atoms with Crippen molar-refractivity contribution in [2.24, 2.45) is 0 Å². The van der Waals surface area contributed by atoms with Crippen molar-refractivity contribution in [3.63, 3.8) is 0 Å². The van der Waals surface area contributed by atoms with Gasteiger partial charge in [0, 0.05) is 26.7 Å². The van der Waals surface area contributed by atoms with Gasteiger partial charge >= 0.3 is 0 Å². The third-order valence-corrected chi connectivity index (χ3v) is 2.24. The minimum absolute atomic E-state index is 0.122. The van der Waals surface area contributed by atoms with Crippen LogP contribution in [0.15, 0.2) is 0 Å². The lowest BCUT2D eigenvalue weighted by Crippen LogP contribution is -2.10. The van der Waals surface area contributed by atoms with E-state index < -0.39 is 0 Å². The topological polar surface area (TPSA) is 84.0 Å². The molecule has 1 aromatic heterocycles. The van der Waals surface area contributed by atoms with Crippen LogP contribution in [0.3, 0.4) is 0 Å². The Morgan fingerprint density at radius 2 is 2.38 bits per heavy atom. The van der Waals surface area contributed by atoms with Crippen molar-refractivity contribution in [2.45, 2.75) is 25.8 Å². The molecule has 6 heteroatoms. The van der Waals surface area contributed by atoms with E-state index in [4.69, 9.17) is 15.1 Å². The highest BCUT2D eigenvalue weighted by molar-refractivity contribution is 5.14. The van der Waals surface area contributed by atoms with Crippen LogP contribution >= 0.6 is 0 Å². The molecule has 0 spiro atoms. The number of rotatable bonds is 7. The van der Waals surface area contributed by atoms with Crippen LogP contribution in [-0.4, -0.2) is 40.4 Å². The first-order valence-electron chi connectivity index (χ1n) is 5.21. The number of nitriles is 1. The third kappa shape index (κ3) is 3.29. The number of hydrogen-bond donors (Lipinski definition) is 1. The SMILES string of the molecule is COCCc1c(CC#N)nnn1CCCO. The van der Waals surface area contributed by atoms with Gasteiger partial charge in [-0.15, -0.1) is 5.10 Å². The number of ether oxygens (including phenoxy) is 1. The number of aliphatic hydroxyl groups is 1. The molecular formula is C10H16N4O2. The molecule has 0 bridgehead atoms. The highest BCUT2D eigenvalue weighted by Gasteiger charge is 2.11. The maximum atomic E-state index is 8.77. The highest BCUT2D eigenvalue weighted by Crippen LogP contribution is 2.08. The van der Waals surface area contributed by atoms with Crippen molar-refractivity contribution in [3.05, 3.63) is 11.4 Å². The maximum absolute atomic E-state index is 8.77. The Balaban J connectivity index is 2.77. The molecule has 0 fully saturated rings. The Bertz CT molecular complexity index is 356. The Morgan fingerprint density at radius 1 is 1.56 bits per heavy atom. The van der Waals surface area contributed by atoms with Crippen LogP contribution in [0.4, 0.5) is 0 Å². The lowest BCUT2D eigenvalue weighted by Gasteiger charge is -2.05. The van der Waals surface area contributed by atoms with Gasteiger partial charge in [0.1, 0.15) is 5.69 Å². The van der Waals surface area contributed by atoms with E-state index in [9.17, 15) is 0 Å². The van der Waals surface area contributed by atoms with Crippen LogP contribution < -0.4 is 0 Å². The normalized spacial score (nSPS) is 10.3. The number of aromatic nitrogens is 3. The van der Waals surface area contributed by atoms with Crippen molar-refractivity contribution in [3.8, 4) is 6.07 Å². The molecule has 0 aromatic carbocycles. The van der Waals surface area contributed by atoms with E-state index >= 15 is 0 Å². The second-order valence-corrected chi connectivity index (χ2v) is 3.36. The summed E-state index contributed by atoms with van der Waals surface area (Å²) in [7, 11) is 1.63. The predicted octanol–water partition coefficient (Wildman–Crippen LogP) is -0.0845. The van der Waals surface area contributed by atoms with Crippen LogP contribution in [-0.2, 0) is 24.1 Å². The number of hydrogen-bond acceptors (Lipinski definition) is 5. The van der Waals surface area contributed by atoms with Crippen molar-refractivity contribution in [1.82, 2.24) is 15.0 Å². The molecule has 0 unspecified atom stereocenters. The lowest BCUT2D eigenvalue weighted by molar-refractivity contribution is 0.199. The highest BCUT2D eigenvalue weighted by atomic mass is 16.5. The van der Waals surface area contributed by atoms with Gasteiger partial charge in [-0.05, 0) is 6.42 Å². The zero-order valence-electron chi connectivity index (χ0n) is 9.39. The average Bonchev–Trinajstić information content (AvgIpc) is 2.67. The van der Waals surface area contributed by atoms with E-state index in [0.29, 0.717) is 31.7 Å². The van der Waals surface area contributed by atoms with E-state index in [-0.39, 0.29) is 13.0 Å². The fourth-order valence-electron chi connectivity index (χ4n) is 1.45. The minimum Gasteiger partial charge on any atom is -0.396 e. The first kappa shape index (κ1) is 12.6. The molecule has 0 radical (unpaired) electrons. The van der Waals surface area contributed by atoms with Gasteiger partial charge in [-0.2, -0.15) is 5.26 Å². The molecule has 0 saturated heterocycles. The smallest absolute Gasteiger partial charge is 0.100 e. The summed E-state index contributed by atoms with van der Waals surface area (Å²) >= 11 is 0. The van der Waals surface area contributed by atoms with Crippen molar-refractivity contribution < 1.29 is 9.84 Å². The summed E-state index contributed by atoms with van der Waals surface area (Å²) < 4.78 is 6.74. The molecule has 1 N–H and O–H groups in total. The van der Waals surface area contributed by atoms with Crippen molar-refractivity contribution in [1.29, 1.82) is 5.26 Å². The monoisotopic (exact) mass is 224 g/mol. The van der Waals surface area contributed by atoms with Gasteiger partial charge in [0.2, 0.25) is 0 Å². The molecule has 0 amide bonds. The van der Waals surface area contributed by atoms with Gasteiger partial charge in [0.15, 0.2) is 0 Å². The maximum Gasteiger partial charge on any atom is 0.100 e. The molecule has 16 heavy (non-hydrogen) atoms. The third-order valence-electron chi connectivity index (χ3n) is 2.24. The molecule has 1 aromatic rings. The summed E-state index contributed by atoms with van der Waals surface area (Å²) in [5.41, 5.74) is 1.63. The summed E-state index contributed by atoms with van der Waals surface area (Å²) in [6.07, 6.45) is 1.58. The lowest BCUT2D eigenvalue weighted by atomic mass is 10.2. The van der Waals surface area contributed by atoms with E-state index in [1.807, 2.05) is 0 Å². The average molecular weight is 224 g/mol. The molecule has 1 rings (SSSR count). The van der Waals surface area contributed by atoms with E-state index in [1.54, 1.807) is 11.8 Å². The number of aliphatic hydroxyl groups excluding tert-OH is 1. The zero-order chi connectivity index (χ0) is 11.8. The zero-order valence-corrected chi connectivity index (χ0v) is 9.39. The predicted molar refractivity (Wildman–Crippen MR) is 56.6 cm³/mol. The van der Waals surface area contributed by atoms with Crippen LogP contribution in [0.1, 0.15) is 17.8 Å². The van der Waals surface area contributed by atoms with E-state index in [1.165, 1.54) is 0 Å². The van der Waals surface area contributed by atoms with E-state index in [2.05, 4.69) is 16.4 Å². The van der Waals surface area contributed by atoms with Crippen molar-refractivity contribution in [2.75, 3.05) is 20.3 Å². The number of aryl methyl sites for hydroxylation is 1. The molecule has 88 valence electrons. The summed E-state index contributed by atoms with van der Waals surface area (Å²) in [5, 5.41) is 25.4. The van der Waals surface area contributed by atoms with Gasteiger partial charge in [-0.1, -0.05) is 5.21 Å². The van der Waals surface area contributed by atoms with Gasteiger partial charge in [0.05, 0.1) is 24.8 Å². The molecule has 1 heterocycles. The van der Waals surface area contributed by atoms with Crippen LogP contribution in [0, 0.1) is 11.3 Å². The summed E-state index contributed by atoms with van der Waals surface area (Å²) in [5.74, 6) is 0. The Morgan fingerprint density at radius 3 is 3.00 bits per heavy atom. The van der Waals surface area contributed by atoms with Crippen LogP contribution in [0.25, 0.3) is 0 Å². The molecule has 0 saturated carbocycles. The van der Waals surface area contributed by atoms with Gasteiger partial charge < -0.3 is 9.84 Å². The Hall–Kier alpha value is -1.45. The van der Waals surface area contributed by atoms with Gasteiger partial charge in [0.25, 0.3) is 0 Å². The van der Waals surface area contributed by atoms with Crippen molar-refractivity contribution >= 4 is 0 Å². The van der Waals surface area contributed by atoms with Crippen LogP contribution in [0.5, 0.6) is 0 Å². The largest absolute Gasteiger partial charge is 0.396 e. The molecule has 0 aliphatic carbocycles. The summed E-state index contributed by atoms with van der Waals surface area (Å²) in [4.78, 5) is 0. The minimum atomic E-state index is 0.122. The first-order chi connectivity index (χ1) is 7.83. The quantitative estimate of drug-likeness (QED) is 0.700. The molecule has 6 nitrogen and oxygen atoms in total. The first-order valence-corrected chi connectivity index (χ1v) is 5.21. The summed E-state index contributed by atoms with van der Waals surface area (Å²) in [6.45, 7) is 1.32. The molecule has 0 aliphatic rings. The fraction of sp³-hybridized carbons (Fsp3) is 0.700. The van der Waals surface area contributed by atoms with Gasteiger partial charge in [-0.3, -0.25) is 0 Å². The molecular weight excluding hydrogens is 208 g/mol. The number of nitrogens with zero attached hydrogens (tertiary/aromatic N) is 4. The van der Waals surface area contributed by atoms with Crippen LogP contribution in [0.2, 0.25) is 0 Å². The molecule has 0 atom stereocenters. The summed E-state index contributed by atoms with van der Waals surface area (Å²) in [6, 6.07) is 2.06. The van der Waals surface area contributed by atoms with Gasteiger partial charge in [-0.25, -0.2) is 4.68 Å². The Labute approximate surface area is 94.4 Å². The second kappa shape index (κ2) is 6.93. The standard InChI is InChI=1S/C10H16N4O2/c1-16-8-4-10-9(3-5-11)12-13-14(10)6-2-7-15/h15H,2-4,6-8H2,1H3. The fourth-order valence-corrected chi connectivity index (χ4v) is 1.45. The number of methoxy groups -OCH3 is 1. The second-order valence-electron chi connectivity index (χ2n) is 3.36. The van der Waals surface area contributed by atoms with E-state index in [0.717, 1.165) is 5.69 Å². The molecule has 0 aliphatic heterocycles. The Kier molecular flexibility index (Phi) is 5.46.